The Hall–Kier alpha value is -0.850. The van der Waals surface area contributed by atoms with Crippen molar-refractivity contribution < 1.29 is 12.8 Å². The molecule has 20 heavy (non-hydrogen) atoms. The molecule has 0 bridgehead atoms. The largest absolute Gasteiger partial charge is 0.464 e. The maximum absolute atomic E-state index is 12.3. The van der Waals surface area contributed by atoms with Crippen molar-refractivity contribution in [3.05, 3.63) is 17.6 Å². The van der Waals surface area contributed by atoms with Gasteiger partial charge in [-0.2, -0.15) is 0 Å². The quantitative estimate of drug-likeness (QED) is 0.844. The first-order valence-corrected chi connectivity index (χ1v) is 8.61. The average Bonchev–Trinajstić information content (AvgIpc) is 2.66. The number of rotatable bonds is 6. The van der Waals surface area contributed by atoms with Crippen LogP contribution in [0.25, 0.3) is 0 Å². The molecule has 1 saturated carbocycles. The van der Waals surface area contributed by atoms with Crippen LogP contribution in [0.15, 0.2) is 15.4 Å². The zero-order valence-electron chi connectivity index (χ0n) is 12.6. The fourth-order valence-corrected chi connectivity index (χ4v) is 3.93. The van der Waals surface area contributed by atoms with E-state index in [1.807, 2.05) is 13.8 Å². The molecule has 0 unspecified atom stereocenters. The molecule has 0 spiro atoms. The first kappa shape index (κ1) is 15.5. The number of furan rings is 1. The third kappa shape index (κ3) is 3.62. The van der Waals surface area contributed by atoms with Gasteiger partial charge in [-0.05, 0) is 25.7 Å². The number of nitrogens with one attached hydrogen (secondary N) is 2. The van der Waals surface area contributed by atoms with Crippen LogP contribution in [0.3, 0.4) is 0 Å². The van der Waals surface area contributed by atoms with Crippen molar-refractivity contribution in [1.29, 1.82) is 0 Å². The van der Waals surface area contributed by atoms with E-state index in [4.69, 9.17) is 4.42 Å². The first-order chi connectivity index (χ1) is 9.28. The van der Waals surface area contributed by atoms with Gasteiger partial charge in [-0.25, -0.2) is 13.1 Å². The zero-order valence-corrected chi connectivity index (χ0v) is 13.4. The van der Waals surface area contributed by atoms with Gasteiger partial charge < -0.3 is 9.73 Å². The highest BCUT2D eigenvalue weighted by Gasteiger charge is 2.31. The van der Waals surface area contributed by atoms with Gasteiger partial charge in [-0.3, -0.25) is 0 Å². The number of aryl methyl sites for hydroxylation is 1. The summed E-state index contributed by atoms with van der Waals surface area (Å²) in [6.07, 6.45) is 1.83. The Kier molecular flexibility index (Phi) is 4.56. The van der Waals surface area contributed by atoms with E-state index in [1.54, 1.807) is 13.0 Å². The highest BCUT2D eigenvalue weighted by Crippen LogP contribution is 2.29. The molecule has 1 fully saturated rings. The molecule has 0 aliphatic heterocycles. The summed E-state index contributed by atoms with van der Waals surface area (Å²) >= 11 is 0. The zero-order chi connectivity index (χ0) is 14.9. The second-order valence-corrected chi connectivity index (χ2v) is 7.75. The third-order valence-electron chi connectivity index (χ3n) is 3.59. The van der Waals surface area contributed by atoms with Crippen LogP contribution in [0.2, 0.25) is 0 Å². The Labute approximate surface area is 121 Å². The minimum absolute atomic E-state index is 0.0709. The Balaban J connectivity index is 2.07. The number of hydrogen-bond donors (Lipinski definition) is 2. The van der Waals surface area contributed by atoms with Crippen LogP contribution in [0, 0.1) is 12.8 Å². The maximum atomic E-state index is 12.3. The van der Waals surface area contributed by atoms with Crippen molar-refractivity contribution in [3.8, 4) is 0 Å². The Morgan fingerprint density at radius 2 is 2.05 bits per heavy atom. The van der Waals surface area contributed by atoms with Gasteiger partial charge in [-0.15, -0.1) is 0 Å². The van der Waals surface area contributed by atoms with Crippen LogP contribution >= 0.6 is 0 Å². The minimum Gasteiger partial charge on any atom is -0.464 e. The molecule has 114 valence electrons. The molecule has 1 aliphatic rings. The average molecular weight is 300 g/mol. The number of sulfonamides is 1. The summed E-state index contributed by atoms with van der Waals surface area (Å²) in [4.78, 5) is 0.262. The topological polar surface area (TPSA) is 71.3 Å². The fraction of sp³-hybridized carbons (Fsp3) is 0.714. The lowest BCUT2D eigenvalue weighted by molar-refractivity contribution is 0.270. The van der Waals surface area contributed by atoms with Crippen molar-refractivity contribution in [2.24, 2.45) is 5.92 Å². The molecule has 0 amide bonds. The molecule has 5 nitrogen and oxygen atoms in total. The van der Waals surface area contributed by atoms with Crippen molar-refractivity contribution in [2.45, 2.75) is 64.1 Å². The minimum atomic E-state index is -3.46. The fourth-order valence-electron chi connectivity index (χ4n) is 2.46. The van der Waals surface area contributed by atoms with Crippen LogP contribution in [-0.4, -0.2) is 20.5 Å². The summed E-state index contributed by atoms with van der Waals surface area (Å²) in [6.45, 7) is 8.43. The lowest BCUT2D eigenvalue weighted by Crippen LogP contribution is -2.43. The molecule has 0 aromatic carbocycles. The van der Waals surface area contributed by atoms with Crippen LogP contribution in [0.5, 0.6) is 0 Å². The first-order valence-electron chi connectivity index (χ1n) is 7.13. The van der Waals surface area contributed by atoms with E-state index < -0.39 is 10.0 Å². The van der Waals surface area contributed by atoms with E-state index in [2.05, 4.69) is 17.0 Å². The van der Waals surface area contributed by atoms with E-state index in [0.29, 0.717) is 30.0 Å². The second-order valence-electron chi connectivity index (χ2n) is 6.06. The van der Waals surface area contributed by atoms with Gasteiger partial charge in [0, 0.05) is 18.2 Å². The normalized spacial score (nSPS) is 23.1. The van der Waals surface area contributed by atoms with E-state index in [0.717, 1.165) is 12.8 Å². The smallest absolute Gasteiger partial charge is 0.244 e. The second kappa shape index (κ2) is 5.87. The summed E-state index contributed by atoms with van der Waals surface area (Å²) in [5.74, 6) is 1.71. The van der Waals surface area contributed by atoms with Crippen molar-refractivity contribution in [1.82, 2.24) is 10.0 Å². The Morgan fingerprint density at radius 3 is 2.60 bits per heavy atom. The van der Waals surface area contributed by atoms with Gasteiger partial charge in [-0.1, -0.05) is 20.8 Å². The molecule has 2 rings (SSSR count). The highest BCUT2D eigenvalue weighted by atomic mass is 32.2. The molecule has 0 atom stereocenters. The summed E-state index contributed by atoms with van der Waals surface area (Å²) in [5, 5.41) is 3.21. The van der Waals surface area contributed by atoms with Crippen molar-refractivity contribution >= 4 is 10.0 Å². The van der Waals surface area contributed by atoms with Gasteiger partial charge in [0.05, 0.1) is 6.54 Å². The van der Waals surface area contributed by atoms with E-state index >= 15 is 0 Å². The molecular formula is C14H24N2O3S. The molecule has 1 aromatic rings. The van der Waals surface area contributed by atoms with Gasteiger partial charge in [0.15, 0.2) is 0 Å². The summed E-state index contributed by atoms with van der Waals surface area (Å²) < 4.78 is 32.9. The van der Waals surface area contributed by atoms with Gasteiger partial charge >= 0.3 is 0 Å². The molecule has 0 saturated heterocycles. The van der Waals surface area contributed by atoms with Gasteiger partial charge in [0.25, 0.3) is 0 Å². The summed E-state index contributed by atoms with van der Waals surface area (Å²) in [7, 11) is -3.46. The summed E-state index contributed by atoms with van der Waals surface area (Å²) in [5.41, 5.74) is 0. The standard InChI is InChI=1S/C14H24N2O3S/c1-9(2)15-8-13-7-14(11(4)19-13)20(17,18)16-12-5-10(3)6-12/h7,9-10,12,15-16H,5-6,8H2,1-4H3. The summed E-state index contributed by atoms with van der Waals surface area (Å²) in [6, 6.07) is 2.02. The van der Waals surface area contributed by atoms with Crippen molar-refractivity contribution in [3.63, 3.8) is 0 Å². The highest BCUT2D eigenvalue weighted by molar-refractivity contribution is 7.89. The Morgan fingerprint density at radius 1 is 1.40 bits per heavy atom. The van der Waals surface area contributed by atoms with E-state index in [-0.39, 0.29) is 10.9 Å². The lowest BCUT2D eigenvalue weighted by atomic mass is 9.83. The Bertz CT molecular complexity index is 557. The third-order valence-corrected chi connectivity index (χ3v) is 5.22. The van der Waals surface area contributed by atoms with E-state index in [1.165, 1.54) is 0 Å². The predicted octanol–water partition coefficient (Wildman–Crippen LogP) is 2.16. The van der Waals surface area contributed by atoms with Crippen LogP contribution < -0.4 is 10.0 Å². The van der Waals surface area contributed by atoms with Gasteiger partial charge in [0.1, 0.15) is 16.4 Å². The lowest BCUT2D eigenvalue weighted by Gasteiger charge is -2.32. The maximum Gasteiger partial charge on any atom is 0.244 e. The molecule has 6 heteroatoms. The molecular weight excluding hydrogens is 276 g/mol. The van der Waals surface area contributed by atoms with Crippen LogP contribution in [-0.2, 0) is 16.6 Å². The molecule has 1 heterocycles. The van der Waals surface area contributed by atoms with E-state index in [9.17, 15) is 8.42 Å². The van der Waals surface area contributed by atoms with Crippen LogP contribution in [0.1, 0.15) is 45.1 Å². The van der Waals surface area contributed by atoms with Crippen molar-refractivity contribution in [2.75, 3.05) is 0 Å². The van der Waals surface area contributed by atoms with Gasteiger partial charge in [0.2, 0.25) is 10.0 Å². The molecule has 1 aromatic heterocycles. The predicted molar refractivity (Wildman–Crippen MR) is 77.9 cm³/mol. The molecule has 0 radical (unpaired) electrons. The SMILES string of the molecule is Cc1oc(CNC(C)C)cc1S(=O)(=O)NC1CC(C)C1. The number of hydrogen-bond acceptors (Lipinski definition) is 4. The molecule has 2 N–H and O–H groups in total. The molecule has 1 aliphatic carbocycles. The van der Waals surface area contributed by atoms with Crippen LogP contribution in [0.4, 0.5) is 0 Å². The monoisotopic (exact) mass is 300 g/mol.